The van der Waals surface area contributed by atoms with Gasteiger partial charge in [0.25, 0.3) is 0 Å². The number of hydrogen-bond acceptors (Lipinski definition) is 3. The van der Waals surface area contributed by atoms with E-state index in [2.05, 4.69) is 47.0 Å². The number of nitrogens with one attached hydrogen (secondary N) is 1. The first kappa shape index (κ1) is 15.4. The third-order valence-corrected chi connectivity index (χ3v) is 4.66. The first-order chi connectivity index (χ1) is 8.56. The van der Waals surface area contributed by atoms with Crippen LogP contribution in [0.5, 0.6) is 0 Å². The molecule has 0 spiro atoms. The summed E-state index contributed by atoms with van der Waals surface area (Å²) in [6, 6.07) is 2.04. The van der Waals surface area contributed by atoms with Gasteiger partial charge in [0.1, 0.15) is 5.82 Å². The molecule has 2 N–H and O–H groups in total. The van der Waals surface area contributed by atoms with Crippen molar-refractivity contribution in [1.29, 1.82) is 0 Å². The van der Waals surface area contributed by atoms with E-state index in [0.717, 1.165) is 36.1 Å². The first-order valence-corrected chi connectivity index (χ1v) is 7.33. The highest BCUT2D eigenvalue weighted by atomic mass is 79.9. The minimum Gasteiger partial charge on any atom is -0.396 e. The lowest BCUT2D eigenvalue weighted by Gasteiger charge is -2.31. The Hall–Kier alpha value is -0.610. The highest BCUT2D eigenvalue weighted by Gasteiger charge is 2.25. The van der Waals surface area contributed by atoms with E-state index in [1.807, 2.05) is 12.3 Å². The quantitative estimate of drug-likeness (QED) is 0.805. The number of hydrogen-bond donors (Lipinski definition) is 2. The standard InChI is InChI=1S/C14H23BrN2O/c1-4-14(5-2,6-7-18)10-17-13-8-11(3)12(15)9-16-13/h8-9,18H,4-7,10H2,1-3H3,(H,16,17). The Balaban J connectivity index is 2.69. The molecule has 0 aliphatic heterocycles. The Kier molecular flexibility index (Phi) is 6.09. The van der Waals surface area contributed by atoms with Crippen molar-refractivity contribution in [2.45, 2.75) is 40.0 Å². The average Bonchev–Trinajstić information content (AvgIpc) is 2.38. The van der Waals surface area contributed by atoms with Crippen molar-refractivity contribution in [2.75, 3.05) is 18.5 Å². The smallest absolute Gasteiger partial charge is 0.126 e. The van der Waals surface area contributed by atoms with Crippen LogP contribution >= 0.6 is 15.9 Å². The van der Waals surface area contributed by atoms with Crippen LogP contribution in [0.3, 0.4) is 0 Å². The van der Waals surface area contributed by atoms with E-state index in [4.69, 9.17) is 0 Å². The summed E-state index contributed by atoms with van der Waals surface area (Å²) >= 11 is 3.45. The van der Waals surface area contributed by atoms with Crippen LogP contribution in [0, 0.1) is 12.3 Å². The Morgan fingerprint density at radius 2 is 2.06 bits per heavy atom. The van der Waals surface area contributed by atoms with Gasteiger partial charge in [0.2, 0.25) is 0 Å². The number of rotatable bonds is 7. The fourth-order valence-electron chi connectivity index (χ4n) is 2.09. The maximum absolute atomic E-state index is 9.19. The van der Waals surface area contributed by atoms with Gasteiger partial charge in [0.05, 0.1) is 0 Å². The van der Waals surface area contributed by atoms with Crippen molar-refractivity contribution >= 4 is 21.7 Å². The predicted molar refractivity (Wildman–Crippen MR) is 79.9 cm³/mol. The predicted octanol–water partition coefficient (Wildman–Crippen LogP) is 3.75. The first-order valence-electron chi connectivity index (χ1n) is 6.54. The highest BCUT2D eigenvalue weighted by Crippen LogP contribution is 2.30. The molecule has 4 heteroatoms. The summed E-state index contributed by atoms with van der Waals surface area (Å²) in [5.74, 6) is 0.903. The van der Waals surface area contributed by atoms with Crippen LogP contribution in [0.4, 0.5) is 5.82 Å². The lowest BCUT2D eigenvalue weighted by Crippen LogP contribution is -2.30. The molecule has 1 heterocycles. The number of aromatic nitrogens is 1. The third kappa shape index (κ3) is 3.95. The second-order valence-corrected chi connectivity index (χ2v) is 5.71. The lowest BCUT2D eigenvalue weighted by molar-refractivity contribution is 0.179. The SMILES string of the molecule is CCC(CC)(CCO)CNc1cc(C)c(Br)cn1. The second-order valence-electron chi connectivity index (χ2n) is 4.85. The van der Waals surface area contributed by atoms with Gasteiger partial charge in [0, 0.05) is 23.8 Å². The molecule has 1 aromatic heterocycles. The molecule has 3 nitrogen and oxygen atoms in total. The lowest BCUT2D eigenvalue weighted by atomic mass is 9.79. The molecule has 1 rings (SSSR count). The molecular weight excluding hydrogens is 292 g/mol. The van der Waals surface area contributed by atoms with Crippen molar-refractivity contribution < 1.29 is 5.11 Å². The number of aryl methyl sites for hydroxylation is 1. The normalized spacial score (nSPS) is 11.6. The van der Waals surface area contributed by atoms with E-state index in [9.17, 15) is 5.11 Å². The zero-order valence-corrected chi connectivity index (χ0v) is 13.0. The molecule has 0 saturated heterocycles. The van der Waals surface area contributed by atoms with E-state index in [1.54, 1.807) is 0 Å². The van der Waals surface area contributed by atoms with E-state index in [-0.39, 0.29) is 12.0 Å². The largest absolute Gasteiger partial charge is 0.396 e. The van der Waals surface area contributed by atoms with Gasteiger partial charge < -0.3 is 10.4 Å². The summed E-state index contributed by atoms with van der Waals surface area (Å²) in [4.78, 5) is 4.35. The molecule has 18 heavy (non-hydrogen) atoms. The van der Waals surface area contributed by atoms with Crippen LogP contribution in [0.2, 0.25) is 0 Å². The van der Waals surface area contributed by atoms with E-state index in [1.165, 1.54) is 5.56 Å². The molecule has 0 fully saturated rings. The van der Waals surface area contributed by atoms with Crippen molar-refractivity contribution in [3.63, 3.8) is 0 Å². The maximum Gasteiger partial charge on any atom is 0.126 e. The number of anilines is 1. The minimum atomic E-state index is 0.164. The molecule has 0 aromatic carbocycles. The number of aliphatic hydroxyl groups excluding tert-OH is 1. The molecular formula is C14H23BrN2O. The molecule has 102 valence electrons. The molecule has 1 aromatic rings. The Labute approximate surface area is 118 Å². The zero-order chi connectivity index (χ0) is 13.6. The van der Waals surface area contributed by atoms with E-state index in [0.29, 0.717) is 0 Å². The van der Waals surface area contributed by atoms with Crippen molar-refractivity contribution in [3.8, 4) is 0 Å². The number of pyridine rings is 1. The van der Waals surface area contributed by atoms with Crippen LogP contribution < -0.4 is 5.32 Å². The average molecular weight is 315 g/mol. The Morgan fingerprint density at radius 1 is 1.39 bits per heavy atom. The maximum atomic E-state index is 9.19. The minimum absolute atomic E-state index is 0.164. The van der Waals surface area contributed by atoms with E-state index >= 15 is 0 Å². The highest BCUT2D eigenvalue weighted by molar-refractivity contribution is 9.10. The number of aliphatic hydroxyl groups is 1. The second kappa shape index (κ2) is 7.10. The molecule has 0 unspecified atom stereocenters. The molecule has 0 atom stereocenters. The van der Waals surface area contributed by atoms with Gasteiger partial charge in [-0.15, -0.1) is 0 Å². The number of halogens is 1. The fraction of sp³-hybridized carbons (Fsp3) is 0.643. The van der Waals surface area contributed by atoms with Gasteiger partial charge >= 0.3 is 0 Å². The van der Waals surface area contributed by atoms with Gasteiger partial charge in [-0.25, -0.2) is 4.98 Å². The summed E-state index contributed by atoms with van der Waals surface area (Å²) in [5.41, 5.74) is 1.34. The van der Waals surface area contributed by atoms with Crippen molar-refractivity contribution in [1.82, 2.24) is 4.98 Å². The topological polar surface area (TPSA) is 45.1 Å². The molecule has 0 aliphatic rings. The van der Waals surface area contributed by atoms with E-state index < -0.39 is 0 Å². The molecule has 0 saturated carbocycles. The van der Waals surface area contributed by atoms with Gasteiger partial charge in [0.15, 0.2) is 0 Å². The van der Waals surface area contributed by atoms with Gasteiger partial charge in [-0.3, -0.25) is 0 Å². The number of nitrogens with zero attached hydrogens (tertiary/aromatic N) is 1. The van der Waals surface area contributed by atoms with Gasteiger partial charge in [-0.2, -0.15) is 0 Å². The van der Waals surface area contributed by atoms with Crippen LogP contribution in [0.15, 0.2) is 16.7 Å². The van der Waals surface area contributed by atoms with Crippen molar-refractivity contribution in [2.24, 2.45) is 5.41 Å². The van der Waals surface area contributed by atoms with Crippen LogP contribution in [-0.4, -0.2) is 23.2 Å². The fourth-order valence-corrected chi connectivity index (χ4v) is 2.31. The summed E-state index contributed by atoms with van der Waals surface area (Å²) in [6.45, 7) is 7.52. The zero-order valence-electron chi connectivity index (χ0n) is 11.5. The molecule has 0 bridgehead atoms. The van der Waals surface area contributed by atoms with Gasteiger partial charge in [-0.1, -0.05) is 13.8 Å². The van der Waals surface area contributed by atoms with Crippen LogP contribution in [0.1, 0.15) is 38.7 Å². The van der Waals surface area contributed by atoms with Gasteiger partial charge in [-0.05, 0) is 59.2 Å². The summed E-state index contributed by atoms with van der Waals surface area (Å²) in [6.07, 6.45) is 4.78. The molecule has 0 amide bonds. The summed E-state index contributed by atoms with van der Waals surface area (Å²) in [7, 11) is 0. The monoisotopic (exact) mass is 314 g/mol. The van der Waals surface area contributed by atoms with Crippen LogP contribution in [0.25, 0.3) is 0 Å². The summed E-state index contributed by atoms with van der Waals surface area (Å²) < 4.78 is 1.03. The summed E-state index contributed by atoms with van der Waals surface area (Å²) in [5, 5.41) is 12.6. The Bertz CT molecular complexity index is 378. The Morgan fingerprint density at radius 3 is 2.56 bits per heavy atom. The van der Waals surface area contributed by atoms with Crippen molar-refractivity contribution in [3.05, 3.63) is 22.3 Å². The van der Waals surface area contributed by atoms with Crippen LogP contribution in [-0.2, 0) is 0 Å². The third-order valence-electron chi connectivity index (χ3n) is 3.83. The molecule has 0 radical (unpaired) electrons. The molecule has 0 aliphatic carbocycles.